The summed E-state index contributed by atoms with van der Waals surface area (Å²) in [6.45, 7) is 0. The van der Waals surface area contributed by atoms with E-state index in [1.54, 1.807) is 7.05 Å². The van der Waals surface area contributed by atoms with Crippen LogP contribution in [0.4, 0.5) is 0 Å². The molecule has 0 saturated carbocycles. The first kappa shape index (κ1) is 13.8. The van der Waals surface area contributed by atoms with Crippen LogP contribution in [0.2, 0.25) is 0 Å². The topological polar surface area (TPSA) is 81.3 Å². The van der Waals surface area contributed by atoms with Crippen molar-refractivity contribution in [3.05, 3.63) is 41.5 Å². The maximum Gasteiger partial charge on any atom is 0.279 e. The van der Waals surface area contributed by atoms with E-state index < -0.39 is 10.0 Å². The third kappa shape index (κ3) is 2.57. The van der Waals surface area contributed by atoms with Crippen molar-refractivity contribution in [3.63, 3.8) is 0 Å². The Morgan fingerprint density at radius 3 is 2.71 bits per heavy atom. The van der Waals surface area contributed by atoms with Crippen molar-refractivity contribution in [2.24, 2.45) is 19.2 Å². The lowest BCUT2D eigenvalue weighted by atomic mass is 10.3. The van der Waals surface area contributed by atoms with Crippen LogP contribution in [0, 0.1) is 0 Å². The molecule has 2 heterocycles. The Labute approximate surface area is 125 Å². The maximum absolute atomic E-state index is 12.1. The molecule has 1 N–H and O–H groups in total. The van der Waals surface area contributed by atoms with Crippen molar-refractivity contribution >= 4 is 31.6 Å². The van der Waals surface area contributed by atoms with Gasteiger partial charge in [0.25, 0.3) is 10.0 Å². The number of nitrogens with one attached hydrogen (secondary N) is 1. The molecule has 0 aliphatic heterocycles. The quantitative estimate of drug-likeness (QED) is 0.723. The van der Waals surface area contributed by atoms with Gasteiger partial charge in [0.1, 0.15) is 4.90 Å². The SMILES string of the molecule is Cn1cc(S(=O)(=O)NN=c2sc3ccccc3n2C)cn1. The van der Waals surface area contributed by atoms with E-state index >= 15 is 0 Å². The number of aromatic nitrogens is 3. The Balaban J connectivity index is 2.00. The molecule has 0 amide bonds. The van der Waals surface area contributed by atoms with Gasteiger partial charge in [-0.2, -0.15) is 18.3 Å². The number of benzene rings is 1. The molecule has 0 fully saturated rings. The fourth-order valence-electron chi connectivity index (χ4n) is 1.88. The Bertz CT molecular complexity index is 965. The first-order chi connectivity index (χ1) is 9.97. The molecule has 2 aromatic heterocycles. The summed E-state index contributed by atoms with van der Waals surface area (Å²) in [6, 6.07) is 7.79. The molecule has 9 heteroatoms. The highest BCUT2D eigenvalue weighted by atomic mass is 32.2. The van der Waals surface area contributed by atoms with Crippen LogP contribution in [-0.2, 0) is 24.1 Å². The van der Waals surface area contributed by atoms with E-state index in [2.05, 4.69) is 15.0 Å². The number of thiazole rings is 1. The molecule has 0 atom stereocenters. The van der Waals surface area contributed by atoms with Crippen LogP contribution >= 0.6 is 11.3 Å². The summed E-state index contributed by atoms with van der Waals surface area (Å²) >= 11 is 1.41. The van der Waals surface area contributed by atoms with E-state index in [4.69, 9.17) is 0 Å². The normalized spacial score (nSPS) is 13.0. The number of para-hydroxylation sites is 1. The highest BCUT2D eigenvalue weighted by Crippen LogP contribution is 2.15. The van der Waals surface area contributed by atoms with Gasteiger partial charge >= 0.3 is 0 Å². The number of rotatable bonds is 3. The fourth-order valence-corrected chi connectivity index (χ4v) is 3.70. The first-order valence-electron chi connectivity index (χ1n) is 6.06. The highest BCUT2D eigenvalue weighted by Gasteiger charge is 2.15. The van der Waals surface area contributed by atoms with Crippen LogP contribution in [0.5, 0.6) is 0 Å². The summed E-state index contributed by atoms with van der Waals surface area (Å²) in [4.78, 5) is 2.89. The van der Waals surface area contributed by atoms with Crippen LogP contribution in [-0.4, -0.2) is 22.8 Å². The minimum absolute atomic E-state index is 0.0810. The van der Waals surface area contributed by atoms with Crippen LogP contribution in [0.25, 0.3) is 10.2 Å². The van der Waals surface area contributed by atoms with Gasteiger partial charge in [-0.05, 0) is 12.1 Å². The number of hydrogen-bond acceptors (Lipinski definition) is 5. The second kappa shape index (κ2) is 5.01. The van der Waals surface area contributed by atoms with Gasteiger partial charge in [0, 0.05) is 20.3 Å². The molecule has 110 valence electrons. The molecule has 1 aromatic carbocycles. The predicted octanol–water partition coefficient (Wildman–Crippen LogP) is 0.767. The third-order valence-corrected chi connectivity index (χ3v) is 5.24. The lowest BCUT2D eigenvalue weighted by molar-refractivity contribution is 0.582. The zero-order valence-corrected chi connectivity index (χ0v) is 13.0. The first-order valence-corrected chi connectivity index (χ1v) is 8.36. The molecule has 0 spiro atoms. The number of nitrogens with zero attached hydrogens (tertiary/aromatic N) is 4. The Kier molecular flexibility index (Phi) is 3.30. The Hall–Kier alpha value is -2.13. The molecule has 0 bridgehead atoms. The minimum atomic E-state index is -3.70. The van der Waals surface area contributed by atoms with Gasteiger partial charge in [0.05, 0.1) is 16.4 Å². The van der Waals surface area contributed by atoms with E-state index in [9.17, 15) is 8.42 Å². The molecular weight excluding hydrogens is 310 g/mol. The van der Waals surface area contributed by atoms with Gasteiger partial charge in [-0.15, -0.1) is 5.10 Å². The standard InChI is InChI=1S/C12H13N5O2S2/c1-16-8-9(7-13-16)21(18,19)15-14-12-17(2)10-5-3-4-6-11(10)20-12/h3-8,15H,1-2H3. The van der Waals surface area contributed by atoms with Crippen molar-refractivity contribution in [2.75, 3.05) is 0 Å². The molecule has 0 aliphatic carbocycles. The molecular formula is C12H13N5O2S2. The zero-order chi connectivity index (χ0) is 15.0. The van der Waals surface area contributed by atoms with Crippen molar-refractivity contribution in [1.82, 2.24) is 19.2 Å². The largest absolute Gasteiger partial charge is 0.318 e. The van der Waals surface area contributed by atoms with Gasteiger partial charge in [-0.25, -0.2) is 0 Å². The third-order valence-electron chi connectivity index (χ3n) is 2.97. The summed E-state index contributed by atoms with van der Waals surface area (Å²) < 4.78 is 28.5. The fraction of sp³-hybridized carbons (Fsp3) is 0.167. The van der Waals surface area contributed by atoms with Crippen molar-refractivity contribution in [2.45, 2.75) is 4.90 Å². The summed E-state index contributed by atoms with van der Waals surface area (Å²) in [5, 5.41) is 7.85. The van der Waals surface area contributed by atoms with Crippen LogP contribution in [0.3, 0.4) is 0 Å². The van der Waals surface area contributed by atoms with Gasteiger partial charge in [0.15, 0.2) is 0 Å². The number of sulfonamides is 1. The maximum atomic E-state index is 12.1. The van der Waals surface area contributed by atoms with Gasteiger partial charge < -0.3 is 4.57 Å². The molecule has 7 nitrogen and oxygen atoms in total. The molecule has 0 aliphatic rings. The molecule has 0 saturated heterocycles. The summed E-state index contributed by atoms with van der Waals surface area (Å²) in [5.74, 6) is 0. The lowest BCUT2D eigenvalue weighted by Crippen LogP contribution is -2.23. The minimum Gasteiger partial charge on any atom is -0.318 e. The van der Waals surface area contributed by atoms with Gasteiger partial charge in [-0.3, -0.25) is 4.68 Å². The van der Waals surface area contributed by atoms with Crippen molar-refractivity contribution in [3.8, 4) is 0 Å². The van der Waals surface area contributed by atoms with E-state index in [1.165, 1.54) is 28.4 Å². The molecule has 21 heavy (non-hydrogen) atoms. The van der Waals surface area contributed by atoms with E-state index in [-0.39, 0.29) is 4.90 Å². The summed E-state index contributed by atoms with van der Waals surface area (Å²) in [6.07, 6.45) is 2.70. The van der Waals surface area contributed by atoms with E-state index in [0.29, 0.717) is 4.80 Å². The number of hydrogen-bond donors (Lipinski definition) is 1. The smallest absolute Gasteiger partial charge is 0.279 e. The van der Waals surface area contributed by atoms with E-state index in [0.717, 1.165) is 10.2 Å². The second-order valence-electron chi connectivity index (χ2n) is 4.47. The zero-order valence-electron chi connectivity index (χ0n) is 11.4. The van der Waals surface area contributed by atoms with Crippen molar-refractivity contribution in [1.29, 1.82) is 0 Å². The number of fused-ring (bicyclic) bond motifs is 1. The number of aryl methyl sites for hydroxylation is 2. The summed E-state index contributed by atoms with van der Waals surface area (Å²) in [7, 11) is -0.200. The Morgan fingerprint density at radius 1 is 1.29 bits per heavy atom. The average molecular weight is 323 g/mol. The van der Waals surface area contributed by atoms with Gasteiger partial charge in [-0.1, -0.05) is 23.5 Å². The van der Waals surface area contributed by atoms with Crippen LogP contribution in [0.15, 0.2) is 46.7 Å². The molecule has 3 rings (SSSR count). The van der Waals surface area contributed by atoms with E-state index in [1.807, 2.05) is 35.9 Å². The average Bonchev–Trinajstić information content (AvgIpc) is 3.02. The summed E-state index contributed by atoms with van der Waals surface area (Å²) in [5.41, 5.74) is 1.00. The predicted molar refractivity (Wildman–Crippen MR) is 79.9 cm³/mol. The highest BCUT2D eigenvalue weighted by molar-refractivity contribution is 7.89. The lowest BCUT2D eigenvalue weighted by Gasteiger charge is -1.99. The second-order valence-corrected chi connectivity index (χ2v) is 7.14. The van der Waals surface area contributed by atoms with Crippen molar-refractivity contribution < 1.29 is 8.42 Å². The molecule has 3 aromatic rings. The molecule has 0 unspecified atom stereocenters. The van der Waals surface area contributed by atoms with Crippen LogP contribution < -0.4 is 9.63 Å². The van der Waals surface area contributed by atoms with Gasteiger partial charge in [0.2, 0.25) is 4.80 Å². The Morgan fingerprint density at radius 2 is 2.05 bits per heavy atom. The monoisotopic (exact) mass is 323 g/mol. The van der Waals surface area contributed by atoms with Crippen LogP contribution in [0.1, 0.15) is 0 Å². The molecule has 0 radical (unpaired) electrons.